The minimum atomic E-state index is -0.505. The average Bonchev–Trinajstić information content (AvgIpc) is 2.41. The minimum absolute atomic E-state index is 0.115. The highest BCUT2D eigenvalue weighted by Gasteiger charge is 2.16. The molecule has 1 atom stereocenters. The summed E-state index contributed by atoms with van der Waals surface area (Å²) in [7, 11) is 0. The maximum absolute atomic E-state index is 13.2. The van der Waals surface area contributed by atoms with E-state index < -0.39 is 11.7 Å². The van der Waals surface area contributed by atoms with Gasteiger partial charge in [0, 0.05) is 10.7 Å². The first-order chi connectivity index (χ1) is 9.49. The van der Waals surface area contributed by atoms with Crippen molar-refractivity contribution in [2.24, 2.45) is 0 Å². The number of amides is 1. The summed E-state index contributed by atoms with van der Waals surface area (Å²) in [5.74, 6) is -0.941. The Bertz CT molecular complexity index is 646. The fourth-order valence-electron chi connectivity index (χ4n) is 1.90. The molecule has 0 saturated carbocycles. The van der Waals surface area contributed by atoms with E-state index in [1.54, 1.807) is 13.0 Å². The zero-order valence-electron chi connectivity index (χ0n) is 10.9. The maximum atomic E-state index is 13.2. The van der Waals surface area contributed by atoms with Crippen LogP contribution in [-0.2, 0) is 0 Å². The van der Waals surface area contributed by atoms with Gasteiger partial charge in [-0.25, -0.2) is 4.39 Å². The van der Waals surface area contributed by atoms with Gasteiger partial charge in [-0.15, -0.1) is 0 Å². The van der Waals surface area contributed by atoms with Gasteiger partial charge in [0.25, 0.3) is 5.91 Å². The highest BCUT2D eigenvalue weighted by molar-refractivity contribution is 6.31. The van der Waals surface area contributed by atoms with Crippen molar-refractivity contribution >= 4 is 23.2 Å². The minimum Gasteiger partial charge on any atom is -0.398 e. The standard InChI is InChI=1S/C15H14ClFN2O/c1-9(11-4-2-3-5-13(11)16)19-15(20)12-8-10(17)6-7-14(12)18/h2-9H,18H2,1H3,(H,19,20)/t9-/m0/s1. The second-order valence-electron chi connectivity index (χ2n) is 4.45. The van der Waals surface area contributed by atoms with Crippen molar-refractivity contribution in [3.05, 3.63) is 64.4 Å². The molecule has 0 aliphatic heterocycles. The van der Waals surface area contributed by atoms with Gasteiger partial charge in [0.2, 0.25) is 0 Å². The van der Waals surface area contributed by atoms with E-state index in [0.717, 1.165) is 11.6 Å². The molecule has 0 heterocycles. The van der Waals surface area contributed by atoms with Gasteiger partial charge < -0.3 is 11.1 Å². The first-order valence-corrected chi connectivity index (χ1v) is 6.47. The van der Waals surface area contributed by atoms with E-state index in [9.17, 15) is 9.18 Å². The summed E-state index contributed by atoms with van der Waals surface area (Å²) in [6.45, 7) is 1.80. The van der Waals surface area contributed by atoms with Gasteiger partial charge in [-0.2, -0.15) is 0 Å². The van der Waals surface area contributed by atoms with Gasteiger partial charge in [0.15, 0.2) is 0 Å². The normalized spacial score (nSPS) is 11.9. The molecule has 1 amide bonds. The molecule has 2 aromatic carbocycles. The van der Waals surface area contributed by atoms with Crippen molar-refractivity contribution in [2.45, 2.75) is 13.0 Å². The zero-order valence-corrected chi connectivity index (χ0v) is 11.6. The van der Waals surface area contributed by atoms with Crippen LogP contribution in [0.2, 0.25) is 5.02 Å². The van der Waals surface area contributed by atoms with Crippen molar-refractivity contribution < 1.29 is 9.18 Å². The molecule has 20 heavy (non-hydrogen) atoms. The van der Waals surface area contributed by atoms with E-state index in [-0.39, 0.29) is 17.3 Å². The Hall–Kier alpha value is -2.07. The number of nitrogens with two attached hydrogens (primary N) is 1. The Morgan fingerprint density at radius 3 is 2.70 bits per heavy atom. The third kappa shape index (κ3) is 3.08. The predicted molar refractivity (Wildman–Crippen MR) is 78.1 cm³/mol. The molecule has 0 fully saturated rings. The first kappa shape index (κ1) is 14.3. The highest BCUT2D eigenvalue weighted by Crippen LogP contribution is 2.23. The van der Waals surface area contributed by atoms with Crippen LogP contribution in [0.4, 0.5) is 10.1 Å². The Morgan fingerprint density at radius 2 is 2.00 bits per heavy atom. The van der Waals surface area contributed by atoms with Crippen LogP contribution in [0.1, 0.15) is 28.9 Å². The summed E-state index contributed by atoms with van der Waals surface area (Å²) < 4.78 is 13.2. The van der Waals surface area contributed by atoms with Gasteiger partial charge >= 0.3 is 0 Å². The molecule has 2 aromatic rings. The van der Waals surface area contributed by atoms with Gasteiger partial charge in [0.1, 0.15) is 5.82 Å². The summed E-state index contributed by atoms with van der Waals surface area (Å²) in [6.07, 6.45) is 0. The number of carbonyl (C=O) groups excluding carboxylic acids is 1. The molecule has 0 saturated heterocycles. The van der Waals surface area contributed by atoms with Gasteiger partial charge in [-0.05, 0) is 36.8 Å². The Balaban J connectivity index is 2.20. The fraction of sp³-hybridized carbons (Fsp3) is 0.133. The van der Waals surface area contributed by atoms with Gasteiger partial charge in [-0.3, -0.25) is 4.79 Å². The number of anilines is 1. The molecule has 5 heteroatoms. The van der Waals surface area contributed by atoms with Crippen LogP contribution in [0.3, 0.4) is 0 Å². The first-order valence-electron chi connectivity index (χ1n) is 6.09. The van der Waals surface area contributed by atoms with Crippen LogP contribution in [0, 0.1) is 5.82 Å². The monoisotopic (exact) mass is 292 g/mol. The maximum Gasteiger partial charge on any atom is 0.253 e. The van der Waals surface area contributed by atoms with E-state index in [1.165, 1.54) is 12.1 Å². The number of hydrogen-bond acceptors (Lipinski definition) is 2. The van der Waals surface area contributed by atoms with Gasteiger partial charge in [0.05, 0.1) is 11.6 Å². The van der Waals surface area contributed by atoms with Crippen LogP contribution < -0.4 is 11.1 Å². The molecule has 2 rings (SSSR count). The molecular weight excluding hydrogens is 279 g/mol. The molecule has 0 spiro atoms. The lowest BCUT2D eigenvalue weighted by atomic mass is 10.1. The van der Waals surface area contributed by atoms with Crippen LogP contribution in [-0.4, -0.2) is 5.91 Å². The number of carbonyl (C=O) groups is 1. The molecule has 3 nitrogen and oxygen atoms in total. The van der Waals surface area contributed by atoms with E-state index in [2.05, 4.69) is 5.32 Å². The number of nitrogens with one attached hydrogen (secondary N) is 1. The summed E-state index contributed by atoms with van der Waals surface area (Å²) in [4.78, 5) is 12.1. The molecule has 0 unspecified atom stereocenters. The Kier molecular flexibility index (Phi) is 4.25. The summed E-state index contributed by atoms with van der Waals surface area (Å²) in [5.41, 5.74) is 6.82. The number of rotatable bonds is 3. The Labute approximate surface area is 121 Å². The van der Waals surface area contributed by atoms with Crippen molar-refractivity contribution in [3.63, 3.8) is 0 Å². The average molecular weight is 293 g/mol. The summed E-state index contributed by atoms with van der Waals surface area (Å²) in [6, 6.07) is 10.6. The van der Waals surface area contributed by atoms with E-state index >= 15 is 0 Å². The number of hydrogen-bond donors (Lipinski definition) is 2. The lowest BCUT2D eigenvalue weighted by Crippen LogP contribution is -2.27. The lowest BCUT2D eigenvalue weighted by Gasteiger charge is -2.16. The van der Waals surface area contributed by atoms with Crippen LogP contribution in [0.5, 0.6) is 0 Å². The highest BCUT2D eigenvalue weighted by atomic mass is 35.5. The molecule has 3 N–H and O–H groups in total. The van der Waals surface area contributed by atoms with Crippen molar-refractivity contribution in [2.75, 3.05) is 5.73 Å². The molecule has 0 aliphatic rings. The van der Waals surface area contributed by atoms with E-state index in [1.807, 2.05) is 18.2 Å². The number of benzene rings is 2. The quantitative estimate of drug-likeness (QED) is 0.850. The zero-order chi connectivity index (χ0) is 14.7. The molecule has 0 radical (unpaired) electrons. The van der Waals surface area contributed by atoms with Crippen molar-refractivity contribution in [3.8, 4) is 0 Å². The van der Waals surface area contributed by atoms with E-state index in [0.29, 0.717) is 5.02 Å². The fourth-order valence-corrected chi connectivity index (χ4v) is 2.20. The predicted octanol–water partition coefficient (Wildman–Crippen LogP) is 3.55. The summed E-state index contributed by atoms with van der Waals surface area (Å²) >= 11 is 6.07. The van der Waals surface area contributed by atoms with E-state index in [4.69, 9.17) is 17.3 Å². The van der Waals surface area contributed by atoms with Crippen LogP contribution >= 0.6 is 11.6 Å². The molecule has 104 valence electrons. The largest absolute Gasteiger partial charge is 0.398 e. The summed E-state index contributed by atoms with van der Waals surface area (Å²) in [5, 5.41) is 3.31. The molecule has 0 bridgehead atoms. The number of nitrogen functional groups attached to an aromatic ring is 1. The SMILES string of the molecule is C[C@H](NC(=O)c1cc(F)ccc1N)c1ccccc1Cl. The number of halogens is 2. The second-order valence-corrected chi connectivity index (χ2v) is 4.86. The van der Waals surface area contributed by atoms with Crippen LogP contribution in [0.15, 0.2) is 42.5 Å². The second kappa shape index (κ2) is 5.92. The Morgan fingerprint density at radius 1 is 1.30 bits per heavy atom. The third-order valence-electron chi connectivity index (χ3n) is 2.98. The molecule has 0 aromatic heterocycles. The van der Waals surface area contributed by atoms with Crippen molar-refractivity contribution in [1.29, 1.82) is 0 Å². The topological polar surface area (TPSA) is 55.1 Å². The van der Waals surface area contributed by atoms with Crippen molar-refractivity contribution in [1.82, 2.24) is 5.32 Å². The third-order valence-corrected chi connectivity index (χ3v) is 3.32. The van der Waals surface area contributed by atoms with Crippen LogP contribution in [0.25, 0.3) is 0 Å². The lowest BCUT2D eigenvalue weighted by molar-refractivity contribution is 0.0940. The molecular formula is C15H14ClFN2O. The van der Waals surface area contributed by atoms with Gasteiger partial charge in [-0.1, -0.05) is 29.8 Å². The smallest absolute Gasteiger partial charge is 0.253 e. The molecule has 0 aliphatic carbocycles.